The van der Waals surface area contributed by atoms with Crippen LogP contribution in [-0.2, 0) is 19.4 Å². The summed E-state index contributed by atoms with van der Waals surface area (Å²) >= 11 is 0. The van der Waals surface area contributed by atoms with E-state index < -0.39 is 39.5 Å². The minimum absolute atomic E-state index is 0.128. The second kappa shape index (κ2) is 7.16. The number of anilines is 1. The van der Waals surface area contributed by atoms with Gasteiger partial charge >= 0.3 is 12.0 Å². The van der Waals surface area contributed by atoms with Crippen molar-refractivity contribution < 1.29 is 27.5 Å². The van der Waals surface area contributed by atoms with Gasteiger partial charge < -0.3 is 4.74 Å². The lowest BCUT2D eigenvalue weighted by atomic mass is 10.2. The second-order valence-electron chi connectivity index (χ2n) is 5.60. The van der Waals surface area contributed by atoms with E-state index in [0.717, 1.165) is 7.11 Å². The zero-order valence-electron chi connectivity index (χ0n) is 14.2. The van der Waals surface area contributed by atoms with Gasteiger partial charge in [-0.25, -0.2) is 23.1 Å². The molecule has 0 bridgehead atoms. The number of amides is 3. The van der Waals surface area contributed by atoms with Crippen molar-refractivity contribution in [3.05, 3.63) is 54.2 Å². The first-order chi connectivity index (χ1) is 12.9. The van der Waals surface area contributed by atoms with Gasteiger partial charge in [0.05, 0.1) is 24.0 Å². The molecule has 2 heterocycles. The molecular formula is C17H15N3O6S. The Hall–Kier alpha value is -3.27. The van der Waals surface area contributed by atoms with Crippen molar-refractivity contribution >= 4 is 33.6 Å². The number of esters is 1. The molecule has 1 atom stereocenters. The van der Waals surface area contributed by atoms with Crippen LogP contribution >= 0.6 is 0 Å². The van der Waals surface area contributed by atoms with Crippen molar-refractivity contribution in [3.63, 3.8) is 0 Å². The number of carbonyl (C=O) groups excluding carboxylic acids is 3. The van der Waals surface area contributed by atoms with E-state index in [-0.39, 0.29) is 16.3 Å². The highest BCUT2D eigenvalue weighted by atomic mass is 32.2. The van der Waals surface area contributed by atoms with Crippen molar-refractivity contribution in [1.82, 2.24) is 9.88 Å². The topological polar surface area (TPSA) is 123 Å². The molecule has 140 valence electrons. The fourth-order valence-corrected chi connectivity index (χ4v) is 4.54. The fourth-order valence-electron chi connectivity index (χ4n) is 2.69. The molecule has 1 aliphatic rings. The van der Waals surface area contributed by atoms with Gasteiger partial charge in [0.25, 0.3) is 5.91 Å². The van der Waals surface area contributed by atoms with Crippen molar-refractivity contribution in [2.24, 2.45) is 0 Å². The van der Waals surface area contributed by atoms with Crippen LogP contribution in [0, 0.1) is 0 Å². The number of hydrogen-bond donors (Lipinski definition) is 1. The average molecular weight is 389 g/mol. The summed E-state index contributed by atoms with van der Waals surface area (Å²) in [6, 6.07) is 9.23. The predicted molar refractivity (Wildman–Crippen MR) is 93.5 cm³/mol. The number of nitrogens with zero attached hydrogens (tertiary/aromatic N) is 2. The molecule has 0 saturated heterocycles. The SMILES string of the molecule is COC(=O)CC1N(C(=O)Nc2ccccn2)C(=O)c2ccccc2S1(=O)=O. The number of ether oxygens (including phenoxy) is 1. The molecule has 0 aliphatic carbocycles. The Bertz CT molecular complexity index is 1010. The first kappa shape index (κ1) is 18.5. The van der Waals surface area contributed by atoms with Gasteiger partial charge in [0, 0.05) is 6.20 Å². The largest absolute Gasteiger partial charge is 0.469 e. The van der Waals surface area contributed by atoms with Crippen LogP contribution in [0.1, 0.15) is 16.8 Å². The lowest BCUT2D eigenvalue weighted by molar-refractivity contribution is -0.141. The maximum absolute atomic E-state index is 13.0. The summed E-state index contributed by atoms with van der Waals surface area (Å²) in [5.74, 6) is -1.57. The minimum Gasteiger partial charge on any atom is -0.469 e. The molecule has 27 heavy (non-hydrogen) atoms. The number of hydrogen-bond acceptors (Lipinski definition) is 7. The Morgan fingerprint density at radius 2 is 1.89 bits per heavy atom. The van der Waals surface area contributed by atoms with Gasteiger partial charge in [-0.15, -0.1) is 0 Å². The fraction of sp³-hybridized carbons (Fsp3) is 0.176. The van der Waals surface area contributed by atoms with E-state index >= 15 is 0 Å². The summed E-state index contributed by atoms with van der Waals surface area (Å²) in [4.78, 5) is 41.5. The standard InChI is InChI=1S/C17H15N3O6S/c1-26-15(21)10-14-20(17(23)19-13-8-4-5-9-18-13)16(22)11-6-2-3-7-12(11)27(14,24)25/h2-9,14H,10H2,1H3,(H,18,19,23). The van der Waals surface area contributed by atoms with Crippen LogP contribution in [0.4, 0.5) is 10.6 Å². The van der Waals surface area contributed by atoms with Crippen LogP contribution in [0.3, 0.4) is 0 Å². The average Bonchev–Trinajstić information content (AvgIpc) is 2.67. The molecule has 0 saturated carbocycles. The molecule has 1 aromatic carbocycles. The number of pyridine rings is 1. The molecule has 9 nitrogen and oxygen atoms in total. The van der Waals surface area contributed by atoms with Crippen LogP contribution in [0.2, 0.25) is 0 Å². The molecule has 1 aromatic heterocycles. The first-order valence-electron chi connectivity index (χ1n) is 7.81. The normalized spacial score (nSPS) is 17.7. The van der Waals surface area contributed by atoms with E-state index in [1.807, 2.05) is 0 Å². The number of carbonyl (C=O) groups is 3. The van der Waals surface area contributed by atoms with Gasteiger partial charge in [-0.3, -0.25) is 14.9 Å². The maximum atomic E-state index is 13.0. The number of aromatic nitrogens is 1. The first-order valence-corrected chi connectivity index (χ1v) is 9.36. The minimum atomic E-state index is -4.18. The lowest BCUT2D eigenvalue weighted by Crippen LogP contribution is -2.54. The maximum Gasteiger partial charge on any atom is 0.331 e. The predicted octanol–water partition coefficient (Wildman–Crippen LogP) is 1.43. The van der Waals surface area contributed by atoms with Gasteiger partial charge in [-0.2, -0.15) is 0 Å². The number of benzene rings is 1. The lowest BCUT2D eigenvalue weighted by Gasteiger charge is -2.33. The summed E-state index contributed by atoms with van der Waals surface area (Å²) in [6.45, 7) is 0. The highest BCUT2D eigenvalue weighted by Crippen LogP contribution is 2.32. The molecule has 0 radical (unpaired) electrons. The molecule has 3 amide bonds. The third-order valence-corrected chi connectivity index (χ3v) is 6.04. The molecule has 10 heteroatoms. The Labute approximate surface area is 154 Å². The molecule has 0 spiro atoms. The Kier molecular flexibility index (Phi) is 4.91. The Balaban J connectivity index is 2.07. The van der Waals surface area contributed by atoms with Gasteiger partial charge in [-0.05, 0) is 24.3 Å². The van der Waals surface area contributed by atoms with E-state index in [2.05, 4.69) is 15.0 Å². The molecular weight excluding hydrogens is 374 g/mol. The summed E-state index contributed by atoms with van der Waals surface area (Å²) in [7, 11) is -3.10. The smallest absolute Gasteiger partial charge is 0.331 e. The van der Waals surface area contributed by atoms with E-state index in [1.54, 1.807) is 12.1 Å². The number of nitrogens with one attached hydrogen (secondary N) is 1. The van der Waals surface area contributed by atoms with E-state index in [1.165, 1.54) is 36.5 Å². The summed E-state index contributed by atoms with van der Waals surface area (Å²) in [5.41, 5.74) is -0.144. The summed E-state index contributed by atoms with van der Waals surface area (Å²) < 4.78 is 30.5. The van der Waals surface area contributed by atoms with Crippen molar-refractivity contribution in [1.29, 1.82) is 0 Å². The van der Waals surface area contributed by atoms with E-state index in [4.69, 9.17) is 0 Å². The molecule has 0 fully saturated rings. The second-order valence-corrected chi connectivity index (χ2v) is 7.67. The number of fused-ring (bicyclic) bond motifs is 1. The third kappa shape index (κ3) is 3.38. The van der Waals surface area contributed by atoms with E-state index in [9.17, 15) is 22.8 Å². The molecule has 2 aromatic rings. The van der Waals surface area contributed by atoms with Gasteiger partial charge in [-0.1, -0.05) is 18.2 Å². The van der Waals surface area contributed by atoms with Gasteiger partial charge in [0.1, 0.15) is 5.82 Å². The van der Waals surface area contributed by atoms with Crippen molar-refractivity contribution in [2.75, 3.05) is 12.4 Å². The monoisotopic (exact) mass is 389 g/mol. The number of rotatable bonds is 3. The van der Waals surface area contributed by atoms with Crippen molar-refractivity contribution in [3.8, 4) is 0 Å². The zero-order valence-corrected chi connectivity index (χ0v) is 15.0. The summed E-state index contributed by atoms with van der Waals surface area (Å²) in [5, 5.41) is 0.644. The summed E-state index contributed by atoms with van der Waals surface area (Å²) in [6.07, 6.45) is 0.736. The Morgan fingerprint density at radius 3 is 2.56 bits per heavy atom. The van der Waals surface area contributed by atoms with Crippen LogP contribution in [-0.4, -0.2) is 48.7 Å². The van der Waals surface area contributed by atoms with Crippen LogP contribution in [0.25, 0.3) is 0 Å². The number of sulfone groups is 1. The van der Waals surface area contributed by atoms with Gasteiger partial charge in [0.15, 0.2) is 5.37 Å². The third-order valence-electron chi connectivity index (χ3n) is 3.98. The van der Waals surface area contributed by atoms with Crippen LogP contribution in [0.5, 0.6) is 0 Å². The van der Waals surface area contributed by atoms with Crippen LogP contribution < -0.4 is 5.32 Å². The van der Waals surface area contributed by atoms with E-state index in [0.29, 0.717) is 4.90 Å². The number of imide groups is 1. The van der Waals surface area contributed by atoms with Gasteiger partial charge in [0.2, 0.25) is 9.84 Å². The molecule has 1 unspecified atom stereocenters. The Morgan fingerprint density at radius 1 is 1.19 bits per heavy atom. The highest BCUT2D eigenvalue weighted by molar-refractivity contribution is 7.92. The molecule has 1 aliphatic heterocycles. The molecule has 3 rings (SSSR count). The number of methoxy groups -OCH3 is 1. The van der Waals surface area contributed by atoms with Crippen molar-refractivity contribution in [2.45, 2.75) is 16.7 Å². The quantitative estimate of drug-likeness (QED) is 0.788. The molecule has 1 N–H and O–H groups in total. The number of urea groups is 1. The van der Waals surface area contributed by atoms with Crippen LogP contribution in [0.15, 0.2) is 53.6 Å². The zero-order chi connectivity index (χ0) is 19.6. The highest BCUT2D eigenvalue weighted by Gasteiger charge is 2.47.